The van der Waals surface area contributed by atoms with Crippen LogP contribution >= 0.6 is 0 Å². The fourth-order valence-electron chi connectivity index (χ4n) is 1.29. The molecular weight excluding hydrogens is 152 g/mol. The molecule has 1 rings (SSSR count). The van der Waals surface area contributed by atoms with Crippen molar-refractivity contribution in [3.8, 4) is 0 Å². The van der Waals surface area contributed by atoms with Crippen LogP contribution in [0.1, 0.15) is 11.4 Å². The minimum Gasteiger partial charge on any atom is -0.276 e. The average molecular weight is 170 g/mol. The summed E-state index contributed by atoms with van der Waals surface area (Å²) in [6.45, 7) is 4.24. The summed E-state index contributed by atoms with van der Waals surface area (Å²) in [6.07, 6.45) is 0. The lowest BCUT2D eigenvalue weighted by molar-refractivity contribution is 0.300. The van der Waals surface area contributed by atoms with Crippen LogP contribution in [-0.4, -0.2) is 19.0 Å². The molecule has 4 nitrogen and oxygen atoms in total. The van der Waals surface area contributed by atoms with Crippen LogP contribution < -0.4 is 0 Å². The minimum atomic E-state index is 1.28. The number of hydrogen-bond acceptors (Lipinski definition) is 0. The summed E-state index contributed by atoms with van der Waals surface area (Å²) < 4.78 is 4.24. The van der Waals surface area contributed by atoms with E-state index >= 15 is 0 Å². The molecule has 70 valence electrons. The van der Waals surface area contributed by atoms with E-state index < -0.39 is 0 Å². The minimum absolute atomic E-state index is 1.28. The molecule has 0 aliphatic rings. The second-order valence-corrected chi connectivity index (χ2v) is 3.20. The highest BCUT2D eigenvalue weighted by molar-refractivity contribution is 5.04. The maximum Gasteiger partial charge on any atom is 0.0537 e. The van der Waals surface area contributed by atoms with Gasteiger partial charge in [0.25, 0.3) is 0 Å². The van der Waals surface area contributed by atoms with Crippen LogP contribution in [0.5, 0.6) is 0 Å². The molecule has 1 heterocycles. The molecule has 4 heteroatoms. The Hall–Kier alpha value is -1.06. The molecule has 1 aromatic rings. The molecule has 0 saturated carbocycles. The number of aromatic nitrogens is 4. The first kappa shape index (κ1) is 9.03. The van der Waals surface area contributed by atoms with Crippen LogP contribution in [0, 0.1) is 13.8 Å². The summed E-state index contributed by atoms with van der Waals surface area (Å²) in [6, 6.07) is 0. The van der Waals surface area contributed by atoms with Gasteiger partial charge in [0.1, 0.15) is 0 Å². The van der Waals surface area contributed by atoms with Gasteiger partial charge in [-0.2, -0.15) is 0 Å². The Morgan fingerprint density at radius 2 is 0.917 bits per heavy atom. The van der Waals surface area contributed by atoms with Gasteiger partial charge in [-0.25, -0.2) is 9.59 Å². The van der Waals surface area contributed by atoms with E-state index in [0.717, 1.165) is 0 Å². The van der Waals surface area contributed by atoms with E-state index in [1.165, 1.54) is 11.4 Å². The Kier molecular flexibility index (Phi) is 2.08. The van der Waals surface area contributed by atoms with E-state index in [4.69, 9.17) is 0 Å². The molecule has 0 aliphatic heterocycles. The summed E-state index contributed by atoms with van der Waals surface area (Å²) in [5, 5.41) is 0. The molecule has 0 atom stereocenters. The Bertz CT molecular complexity index is 225. The summed E-state index contributed by atoms with van der Waals surface area (Å²) in [7, 11) is 8.18. The monoisotopic (exact) mass is 170 g/mol. The lowest BCUT2D eigenvalue weighted by Crippen LogP contribution is -2.30. The quantitative estimate of drug-likeness (QED) is 0.548. The zero-order valence-corrected chi connectivity index (χ0v) is 8.79. The lowest BCUT2D eigenvalue weighted by atomic mass is 10.4. The fraction of sp³-hybridized carbons (Fsp3) is 0.750. The molecule has 0 radical (unpaired) electrons. The Morgan fingerprint density at radius 1 is 0.667 bits per heavy atom. The van der Waals surface area contributed by atoms with Crippen LogP contribution in [0.3, 0.4) is 0 Å². The predicted molar refractivity (Wildman–Crippen MR) is 49.4 cm³/mol. The molecule has 1 aromatic heterocycles. The summed E-state index contributed by atoms with van der Waals surface area (Å²) in [5.41, 5.74) is 2.55. The Morgan fingerprint density at radius 3 is 1.17 bits per heavy atom. The molecule has 0 unspecified atom stereocenters. The second-order valence-electron chi connectivity index (χ2n) is 3.20. The maximum atomic E-state index is 2.12. The van der Waals surface area contributed by atoms with E-state index in [9.17, 15) is 0 Å². The van der Waals surface area contributed by atoms with Crippen molar-refractivity contribution >= 4 is 0 Å². The van der Waals surface area contributed by atoms with Gasteiger partial charge in [-0.05, 0) is 13.8 Å². The van der Waals surface area contributed by atoms with Gasteiger partial charge in [-0.15, -0.1) is 0 Å². The van der Waals surface area contributed by atoms with Crippen molar-refractivity contribution < 1.29 is 0 Å². The van der Waals surface area contributed by atoms with Crippen LogP contribution in [0.4, 0.5) is 0 Å². The number of hydrogen-bond donors (Lipinski definition) is 0. The molecule has 12 heavy (non-hydrogen) atoms. The van der Waals surface area contributed by atoms with Gasteiger partial charge in [-0.3, -0.25) is 9.36 Å². The van der Waals surface area contributed by atoms with Crippen LogP contribution in [0.15, 0.2) is 0 Å². The topological polar surface area (TPSA) is 19.7 Å². The highest BCUT2D eigenvalue weighted by atomic mass is 15.7. The van der Waals surface area contributed by atoms with E-state index in [1.54, 1.807) is 0 Å². The van der Waals surface area contributed by atoms with Crippen molar-refractivity contribution in [1.29, 1.82) is 0 Å². The third kappa shape index (κ3) is 1.07. The molecule has 0 fully saturated rings. The first-order chi connectivity index (χ1) is 5.46. The van der Waals surface area contributed by atoms with Gasteiger partial charge in [0, 0.05) is 28.2 Å². The first-order valence-corrected chi connectivity index (χ1v) is 4.09. The van der Waals surface area contributed by atoms with E-state index in [0.29, 0.717) is 0 Å². The van der Waals surface area contributed by atoms with Crippen molar-refractivity contribution in [3.63, 3.8) is 0 Å². The van der Waals surface area contributed by atoms with E-state index in [-0.39, 0.29) is 0 Å². The third-order valence-corrected chi connectivity index (χ3v) is 2.78. The summed E-state index contributed by atoms with van der Waals surface area (Å²) >= 11 is 0. The number of nitrogens with zero attached hydrogens (tertiary/aromatic N) is 4. The molecular formula is C8H18N4. The van der Waals surface area contributed by atoms with Crippen LogP contribution in [0.2, 0.25) is 0 Å². The Labute approximate surface area is 73.2 Å². The van der Waals surface area contributed by atoms with Gasteiger partial charge < -0.3 is 0 Å². The maximum absolute atomic E-state index is 2.12. The zero-order chi connectivity index (χ0) is 9.46. The SMILES string of the molecule is Cc1c(C)n(C)n(C)n(C)n1C. The van der Waals surface area contributed by atoms with Crippen molar-refractivity contribution in [3.05, 3.63) is 11.4 Å². The van der Waals surface area contributed by atoms with Crippen molar-refractivity contribution in [2.75, 3.05) is 0 Å². The van der Waals surface area contributed by atoms with Gasteiger partial charge in [0.15, 0.2) is 0 Å². The highest BCUT2D eigenvalue weighted by Crippen LogP contribution is 2.02. The van der Waals surface area contributed by atoms with Gasteiger partial charge >= 0.3 is 0 Å². The molecule has 0 saturated heterocycles. The molecule has 0 amide bonds. The first-order valence-electron chi connectivity index (χ1n) is 4.09. The molecule has 0 aliphatic carbocycles. The van der Waals surface area contributed by atoms with E-state index in [2.05, 4.69) is 46.9 Å². The lowest BCUT2D eigenvalue weighted by Gasteiger charge is -2.24. The zero-order valence-electron chi connectivity index (χ0n) is 8.79. The van der Waals surface area contributed by atoms with Gasteiger partial charge in [0.05, 0.1) is 11.4 Å². The second kappa shape index (κ2) is 2.77. The molecule has 0 aromatic carbocycles. The molecule has 0 bridgehead atoms. The smallest absolute Gasteiger partial charge is 0.0537 e. The Balaban J connectivity index is 3.60. The van der Waals surface area contributed by atoms with Crippen LogP contribution in [0.25, 0.3) is 0 Å². The van der Waals surface area contributed by atoms with Crippen molar-refractivity contribution in [2.45, 2.75) is 13.8 Å². The fourth-order valence-corrected chi connectivity index (χ4v) is 1.29. The number of rotatable bonds is 0. The molecule has 0 spiro atoms. The van der Waals surface area contributed by atoms with Crippen molar-refractivity contribution in [1.82, 2.24) is 19.0 Å². The average Bonchev–Trinajstić information content (AvgIpc) is 2.08. The summed E-state index contributed by atoms with van der Waals surface area (Å²) in [5.74, 6) is 0. The standard InChI is InChI=1S/C8H18N4/c1-7-8(2)10(4)12(6)11(5)9(7)3/h1-6H3. The normalized spacial score (nSPS) is 10.5. The van der Waals surface area contributed by atoms with Gasteiger partial charge in [-0.1, -0.05) is 0 Å². The van der Waals surface area contributed by atoms with Crippen molar-refractivity contribution in [2.24, 2.45) is 28.2 Å². The largest absolute Gasteiger partial charge is 0.276 e. The predicted octanol–water partition coefficient (Wildman–Crippen LogP) is 0.782. The van der Waals surface area contributed by atoms with Crippen LogP contribution in [-0.2, 0) is 28.2 Å². The highest BCUT2D eigenvalue weighted by Gasteiger charge is 2.01. The van der Waals surface area contributed by atoms with Gasteiger partial charge in [0.2, 0.25) is 0 Å². The van der Waals surface area contributed by atoms with E-state index in [1.807, 2.05) is 14.1 Å². The summed E-state index contributed by atoms with van der Waals surface area (Å²) in [4.78, 5) is 4.12. The third-order valence-electron chi connectivity index (χ3n) is 2.78. The molecule has 0 N–H and O–H groups in total.